The molecule has 104 valence electrons. The summed E-state index contributed by atoms with van der Waals surface area (Å²) in [6.07, 6.45) is 1.41. The molecule has 8 heteroatoms. The Balaban J connectivity index is 2.29. The van der Waals surface area contributed by atoms with Crippen LogP contribution in [-0.4, -0.2) is 30.0 Å². The van der Waals surface area contributed by atoms with Crippen molar-refractivity contribution in [1.29, 1.82) is 0 Å². The largest absolute Gasteiger partial charge is 0.388 e. The Labute approximate surface area is 114 Å². The van der Waals surface area contributed by atoms with Gasteiger partial charge in [-0.1, -0.05) is 5.16 Å². The molecule has 0 aromatic carbocycles. The van der Waals surface area contributed by atoms with Crippen LogP contribution in [0.1, 0.15) is 25.6 Å². The standard InChI is InChI=1S/C12H14N6O2/c1-6(2)18-12-9(11(13)14-5-15-12)10(16-18)8-3-7(4-19)20-17-8/h3,5-6,19H,4H2,1-2H3,(H2,13,14,15). The predicted molar refractivity (Wildman–Crippen MR) is 71.5 cm³/mol. The lowest BCUT2D eigenvalue weighted by Crippen LogP contribution is -2.04. The number of aliphatic hydroxyl groups excluding tert-OH is 1. The molecule has 0 saturated carbocycles. The topological polar surface area (TPSA) is 116 Å². The quantitative estimate of drug-likeness (QED) is 0.735. The lowest BCUT2D eigenvalue weighted by atomic mass is 10.2. The molecule has 0 spiro atoms. The molecule has 8 nitrogen and oxygen atoms in total. The van der Waals surface area contributed by atoms with E-state index in [0.717, 1.165) is 0 Å². The monoisotopic (exact) mass is 274 g/mol. The molecule has 0 aliphatic heterocycles. The van der Waals surface area contributed by atoms with Crippen LogP contribution in [0.15, 0.2) is 16.9 Å². The van der Waals surface area contributed by atoms with Crippen LogP contribution in [0.4, 0.5) is 5.82 Å². The van der Waals surface area contributed by atoms with E-state index in [0.29, 0.717) is 34.0 Å². The van der Waals surface area contributed by atoms with E-state index in [-0.39, 0.29) is 12.6 Å². The minimum absolute atomic E-state index is 0.116. The summed E-state index contributed by atoms with van der Waals surface area (Å²) in [5, 5.41) is 18.1. The molecule has 3 N–H and O–H groups in total. The van der Waals surface area contributed by atoms with Crippen molar-refractivity contribution in [3.8, 4) is 11.4 Å². The number of anilines is 1. The zero-order valence-electron chi connectivity index (χ0n) is 11.1. The molecule has 3 heterocycles. The van der Waals surface area contributed by atoms with Crippen molar-refractivity contribution < 1.29 is 9.63 Å². The van der Waals surface area contributed by atoms with Crippen LogP contribution < -0.4 is 5.73 Å². The maximum Gasteiger partial charge on any atom is 0.164 e. The highest BCUT2D eigenvalue weighted by atomic mass is 16.5. The second kappa shape index (κ2) is 4.57. The Kier molecular flexibility index (Phi) is 2.87. The van der Waals surface area contributed by atoms with Gasteiger partial charge in [0.1, 0.15) is 30.1 Å². The summed E-state index contributed by atoms with van der Waals surface area (Å²) < 4.78 is 6.76. The fourth-order valence-electron chi connectivity index (χ4n) is 2.03. The summed E-state index contributed by atoms with van der Waals surface area (Å²) in [5.74, 6) is 0.702. The molecule has 0 amide bonds. The van der Waals surface area contributed by atoms with Gasteiger partial charge in [0.2, 0.25) is 0 Å². The number of hydrogen-bond acceptors (Lipinski definition) is 7. The smallest absolute Gasteiger partial charge is 0.164 e. The number of nitrogen functional groups attached to an aromatic ring is 1. The Bertz CT molecular complexity index is 760. The molecule has 0 unspecified atom stereocenters. The highest BCUT2D eigenvalue weighted by Gasteiger charge is 2.20. The highest BCUT2D eigenvalue weighted by molar-refractivity contribution is 5.97. The van der Waals surface area contributed by atoms with Gasteiger partial charge in [-0.3, -0.25) is 0 Å². The third-order valence-electron chi connectivity index (χ3n) is 2.96. The molecule has 0 fully saturated rings. The number of aliphatic hydroxyl groups is 1. The number of fused-ring (bicyclic) bond motifs is 1. The number of aromatic nitrogens is 5. The number of nitrogens with zero attached hydrogens (tertiary/aromatic N) is 5. The van der Waals surface area contributed by atoms with Gasteiger partial charge in [0.25, 0.3) is 0 Å². The lowest BCUT2D eigenvalue weighted by Gasteiger charge is -2.05. The Hall–Kier alpha value is -2.48. The van der Waals surface area contributed by atoms with Gasteiger partial charge >= 0.3 is 0 Å². The van der Waals surface area contributed by atoms with E-state index in [1.54, 1.807) is 10.7 Å². The van der Waals surface area contributed by atoms with E-state index in [1.807, 2.05) is 13.8 Å². The van der Waals surface area contributed by atoms with Crippen LogP contribution in [0, 0.1) is 0 Å². The first-order chi connectivity index (χ1) is 9.61. The van der Waals surface area contributed by atoms with Gasteiger partial charge in [-0.2, -0.15) is 5.10 Å². The molecule has 0 bridgehead atoms. The molecule has 0 aliphatic rings. The van der Waals surface area contributed by atoms with Crippen LogP contribution in [0.5, 0.6) is 0 Å². The second-order valence-corrected chi connectivity index (χ2v) is 4.68. The zero-order valence-corrected chi connectivity index (χ0v) is 11.1. The molecule has 0 radical (unpaired) electrons. The first-order valence-corrected chi connectivity index (χ1v) is 6.17. The van der Waals surface area contributed by atoms with E-state index >= 15 is 0 Å². The van der Waals surface area contributed by atoms with Gasteiger partial charge in [0, 0.05) is 12.1 Å². The van der Waals surface area contributed by atoms with Gasteiger partial charge in [0.15, 0.2) is 11.4 Å². The van der Waals surface area contributed by atoms with Crippen molar-refractivity contribution in [2.24, 2.45) is 0 Å². The van der Waals surface area contributed by atoms with Gasteiger partial charge in [-0.05, 0) is 13.8 Å². The van der Waals surface area contributed by atoms with Crippen molar-refractivity contribution >= 4 is 16.9 Å². The van der Waals surface area contributed by atoms with Gasteiger partial charge < -0.3 is 15.4 Å². The van der Waals surface area contributed by atoms with Crippen LogP contribution >= 0.6 is 0 Å². The van der Waals surface area contributed by atoms with Crippen molar-refractivity contribution in [1.82, 2.24) is 24.9 Å². The van der Waals surface area contributed by atoms with Crippen LogP contribution in [-0.2, 0) is 6.61 Å². The van der Waals surface area contributed by atoms with E-state index in [2.05, 4.69) is 20.2 Å². The minimum Gasteiger partial charge on any atom is -0.388 e. The van der Waals surface area contributed by atoms with Crippen molar-refractivity contribution in [2.75, 3.05) is 5.73 Å². The summed E-state index contributed by atoms with van der Waals surface area (Å²) in [5.41, 5.74) is 7.64. The van der Waals surface area contributed by atoms with Crippen molar-refractivity contribution in [2.45, 2.75) is 26.5 Å². The molecule has 3 aromatic heterocycles. The molecular formula is C12H14N6O2. The zero-order chi connectivity index (χ0) is 14.3. The number of nitrogens with two attached hydrogens (primary N) is 1. The molecular weight excluding hydrogens is 260 g/mol. The predicted octanol–water partition coefficient (Wildman–Crippen LogP) is 1.14. The van der Waals surface area contributed by atoms with Crippen LogP contribution in [0.25, 0.3) is 22.4 Å². The third-order valence-corrected chi connectivity index (χ3v) is 2.96. The molecule has 20 heavy (non-hydrogen) atoms. The Morgan fingerprint density at radius 2 is 2.20 bits per heavy atom. The Morgan fingerprint density at radius 1 is 1.40 bits per heavy atom. The molecule has 3 rings (SSSR count). The average Bonchev–Trinajstić information content (AvgIpc) is 3.02. The summed E-state index contributed by atoms with van der Waals surface area (Å²) >= 11 is 0. The average molecular weight is 274 g/mol. The molecule has 0 aliphatic carbocycles. The number of rotatable bonds is 3. The minimum atomic E-state index is -0.220. The summed E-state index contributed by atoms with van der Waals surface area (Å²) in [7, 11) is 0. The van der Waals surface area contributed by atoms with Crippen molar-refractivity contribution in [3.05, 3.63) is 18.2 Å². The van der Waals surface area contributed by atoms with Gasteiger partial charge in [0.05, 0.1) is 5.39 Å². The third kappa shape index (κ3) is 1.81. The maximum absolute atomic E-state index is 9.05. The lowest BCUT2D eigenvalue weighted by molar-refractivity contribution is 0.229. The van der Waals surface area contributed by atoms with Crippen LogP contribution in [0.3, 0.4) is 0 Å². The van der Waals surface area contributed by atoms with Gasteiger partial charge in [-0.15, -0.1) is 0 Å². The fourth-order valence-corrected chi connectivity index (χ4v) is 2.03. The summed E-state index contributed by atoms with van der Waals surface area (Å²) in [6.45, 7) is 3.77. The van der Waals surface area contributed by atoms with E-state index in [1.165, 1.54) is 6.33 Å². The SMILES string of the molecule is CC(C)n1nc(-c2cc(CO)on2)c2c(N)ncnc21. The first-order valence-electron chi connectivity index (χ1n) is 6.17. The van der Waals surface area contributed by atoms with E-state index < -0.39 is 0 Å². The van der Waals surface area contributed by atoms with E-state index in [9.17, 15) is 0 Å². The number of hydrogen-bond donors (Lipinski definition) is 2. The summed E-state index contributed by atoms with van der Waals surface area (Å²) in [4.78, 5) is 8.24. The second-order valence-electron chi connectivity index (χ2n) is 4.68. The highest BCUT2D eigenvalue weighted by Crippen LogP contribution is 2.31. The van der Waals surface area contributed by atoms with Crippen LogP contribution in [0.2, 0.25) is 0 Å². The fraction of sp³-hybridized carbons (Fsp3) is 0.333. The van der Waals surface area contributed by atoms with Gasteiger partial charge in [-0.25, -0.2) is 14.6 Å². The molecule has 0 atom stereocenters. The normalized spacial score (nSPS) is 11.6. The van der Waals surface area contributed by atoms with Crippen molar-refractivity contribution in [3.63, 3.8) is 0 Å². The molecule has 0 saturated heterocycles. The van der Waals surface area contributed by atoms with E-state index in [4.69, 9.17) is 15.4 Å². The Morgan fingerprint density at radius 3 is 2.85 bits per heavy atom. The summed E-state index contributed by atoms with van der Waals surface area (Å²) in [6, 6.07) is 1.74. The maximum atomic E-state index is 9.05. The molecule has 3 aromatic rings. The first kappa shape index (κ1) is 12.5.